The summed E-state index contributed by atoms with van der Waals surface area (Å²) in [5.74, 6) is -1.51. The molecular formula is C20H22NO4-. The lowest BCUT2D eigenvalue weighted by Crippen LogP contribution is -2.51. The number of amides is 1. The van der Waals surface area contributed by atoms with Crippen LogP contribution in [0.3, 0.4) is 0 Å². The van der Waals surface area contributed by atoms with E-state index in [0.717, 1.165) is 11.1 Å². The van der Waals surface area contributed by atoms with Crippen LogP contribution in [0.2, 0.25) is 0 Å². The molecule has 1 N–H and O–H groups in total. The van der Waals surface area contributed by atoms with Crippen LogP contribution in [-0.4, -0.2) is 24.5 Å². The average Bonchev–Trinajstić information content (AvgIpc) is 2.58. The number of carbonyl (C=O) groups excluding carboxylic acids is 2. The molecule has 1 amide bonds. The molecule has 5 nitrogen and oxygen atoms in total. The molecule has 0 aromatic heterocycles. The second-order valence-corrected chi connectivity index (χ2v) is 6.29. The van der Waals surface area contributed by atoms with E-state index in [2.05, 4.69) is 5.32 Å². The van der Waals surface area contributed by atoms with Gasteiger partial charge in [0.25, 0.3) is 5.91 Å². The van der Waals surface area contributed by atoms with Crippen molar-refractivity contribution >= 4 is 11.9 Å². The summed E-state index contributed by atoms with van der Waals surface area (Å²) in [5.41, 5.74) is 3.35. The van der Waals surface area contributed by atoms with Gasteiger partial charge in [0, 0.05) is 0 Å². The van der Waals surface area contributed by atoms with Crippen LogP contribution < -0.4 is 15.2 Å². The molecule has 2 aromatic rings. The fourth-order valence-electron chi connectivity index (χ4n) is 2.35. The molecule has 0 saturated carbocycles. The maximum absolute atomic E-state index is 11.8. The lowest BCUT2D eigenvalue weighted by Gasteiger charge is -2.23. The van der Waals surface area contributed by atoms with Gasteiger partial charge in [-0.1, -0.05) is 55.8 Å². The monoisotopic (exact) mass is 340 g/mol. The fraction of sp³-hybridized carbons (Fsp3) is 0.300. The van der Waals surface area contributed by atoms with Crippen molar-refractivity contribution in [2.24, 2.45) is 5.92 Å². The molecule has 0 spiro atoms. The molecule has 25 heavy (non-hydrogen) atoms. The van der Waals surface area contributed by atoms with Gasteiger partial charge in [0.05, 0.1) is 12.0 Å². The van der Waals surface area contributed by atoms with Gasteiger partial charge in [-0.2, -0.15) is 0 Å². The van der Waals surface area contributed by atoms with E-state index in [1.807, 2.05) is 43.3 Å². The number of carbonyl (C=O) groups is 2. The maximum Gasteiger partial charge on any atom is 0.258 e. The largest absolute Gasteiger partial charge is 0.548 e. The van der Waals surface area contributed by atoms with Crippen molar-refractivity contribution in [1.82, 2.24) is 5.32 Å². The molecule has 1 atom stereocenters. The molecule has 2 aromatic carbocycles. The number of carboxylic acid groups (broad SMARTS) is 1. The van der Waals surface area contributed by atoms with Gasteiger partial charge in [-0.25, -0.2) is 0 Å². The van der Waals surface area contributed by atoms with Crippen molar-refractivity contribution in [3.63, 3.8) is 0 Å². The Morgan fingerprint density at radius 2 is 1.52 bits per heavy atom. The number of benzene rings is 2. The standard InChI is InChI=1S/C20H23NO4/c1-13(2)19(20(23)24)21-18(22)12-25-17-10-8-16(9-11-17)15-6-4-14(3)5-7-15/h4-11,13,19H,12H2,1-3H3,(H,21,22)(H,23,24)/p-1/t19-/m1/s1. The minimum atomic E-state index is -1.30. The number of rotatable bonds is 7. The van der Waals surface area contributed by atoms with E-state index in [1.54, 1.807) is 26.0 Å². The van der Waals surface area contributed by atoms with Crippen LogP contribution in [0.25, 0.3) is 11.1 Å². The van der Waals surface area contributed by atoms with Crippen molar-refractivity contribution in [2.45, 2.75) is 26.8 Å². The molecule has 2 rings (SSSR count). The van der Waals surface area contributed by atoms with Crippen molar-refractivity contribution < 1.29 is 19.4 Å². The zero-order valence-electron chi connectivity index (χ0n) is 14.6. The number of aliphatic carboxylic acids is 1. The summed E-state index contributed by atoms with van der Waals surface area (Å²) in [5, 5.41) is 13.4. The Morgan fingerprint density at radius 1 is 1.00 bits per heavy atom. The molecule has 0 heterocycles. The Morgan fingerprint density at radius 3 is 2.00 bits per heavy atom. The average molecular weight is 340 g/mol. The summed E-state index contributed by atoms with van der Waals surface area (Å²) < 4.78 is 5.41. The zero-order chi connectivity index (χ0) is 18.4. The highest BCUT2D eigenvalue weighted by atomic mass is 16.5. The van der Waals surface area contributed by atoms with E-state index < -0.39 is 17.9 Å². The Kier molecular flexibility index (Phi) is 6.17. The summed E-state index contributed by atoms with van der Waals surface area (Å²) in [6, 6.07) is 14.5. The molecule has 0 saturated heterocycles. The smallest absolute Gasteiger partial charge is 0.258 e. The van der Waals surface area contributed by atoms with Gasteiger partial charge in [-0.05, 0) is 36.1 Å². The highest BCUT2D eigenvalue weighted by Crippen LogP contribution is 2.22. The highest BCUT2D eigenvalue weighted by molar-refractivity contribution is 5.83. The first kappa shape index (κ1) is 18.5. The predicted molar refractivity (Wildman–Crippen MR) is 93.9 cm³/mol. The molecule has 132 valence electrons. The summed E-state index contributed by atoms with van der Waals surface area (Å²) >= 11 is 0. The van der Waals surface area contributed by atoms with Gasteiger partial charge in [0.2, 0.25) is 0 Å². The summed E-state index contributed by atoms with van der Waals surface area (Å²) in [6.07, 6.45) is 0. The van der Waals surface area contributed by atoms with Gasteiger partial charge in [-0.3, -0.25) is 4.79 Å². The summed E-state index contributed by atoms with van der Waals surface area (Å²) in [4.78, 5) is 22.8. The van der Waals surface area contributed by atoms with Crippen molar-refractivity contribution in [3.05, 3.63) is 54.1 Å². The molecular weight excluding hydrogens is 318 g/mol. The van der Waals surface area contributed by atoms with Crippen LogP contribution in [0.1, 0.15) is 19.4 Å². The second kappa shape index (κ2) is 8.33. The maximum atomic E-state index is 11.8. The van der Waals surface area contributed by atoms with Crippen LogP contribution in [0.5, 0.6) is 5.75 Å². The minimum Gasteiger partial charge on any atom is -0.548 e. The van der Waals surface area contributed by atoms with Crippen LogP contribution in [0, 0.1) is 12.8 Å². The Hall–Kier alpha value is -2.82. The Bertz CT molecular complexity index is 720. The fourth-order valence-corrected chi connectivity index (χ4v) is 2.35. The second-order valence-electron chi connectivity index (χ2n) is 6.29. The first-order valence-electron chi connectivity index (χ1n) is 8.17. The third-order valence-corrected chi connectivity index (χ3v) is 3.85. The van der Waals surface area contributed by atoms with Gasteiger partial charge in [0.1, 0.15) is 5.75 Å². The van der Waals surface area contributed by atoms with E-state index in [-0.39, 0.29) is 12.5 Å². The van der Waals surface area contributed by atoms with E-state index in [1.165, 1.54) is 5.56 Å². The molecule has 0 aliphatic heterocycles. The topological polar surface area (TPSA) is 78.5 Å². The molecule has 0 radical (unpaired) electrons. The van der Waals surface area contributed by atoms with Crippen molar-refractivity contribution in [1.29, 1.82) is 0 Å². The number of carboxylic acids is 1. The lowest BCUT2D eigenvalue weighted by atomic mass is 10.0. The summed E-state index contributed by atoms with van der Waals surface area (Å²) in [6.45, 7) is 5.19. The SMILES string of the molecule is Cc1ccc(-c2ccc(OCC(=O)N[C@@H](C(=O)[O-])C(C)C)cc2)cc1. The molecule has 5 heteroatoms. The van der Waals surface area contributed by atoms with Gasteiger partial charge >= 0.3 is 0 Å². The number of aryl methyl sites for hydroxylation is 1. The van der Waals surface area contributed by atoms with Crippen molar-refractivity contribution in [3.8, 4) is 16.9 Å². The quantitative estimate of drug-likeness (QED) is 0.835. The van der Waals surface area contributed by atoms with Crippen LogP contribution in [0.15, 0.2) is 48.5 Å². The lowest BCUT2D eigenvalue weighted by molar-refractivity contribution is -0.309. The highest BCUT2D eigenvalue weighted by Gasteiger charge is 2.17. The van der Waals surface area contributed by atoms with E-state index in [4.69, 9.17) is 4.74 Å². The van der Waals surface area contributed by atoms with Gasteiger partial charge in [0.15, 0.2) is 6.61 Å². The predicted octanol–water partition coefficient (Wildman–Crippen LogP) is 1.93. The number of nitrogens with one attached hydrogen (secondary N) is 1. The first-order chi connectivity index (χ1) is 11.9. The molecule has 0 bridgehead atoms. The van der Waals surface area contributed by atoms with Gasteiger partial charge in [-0.15, -0.1) is 0 Å². The van der Waals surface area contributed by atoms with Crippen LogP contribution in [-0.2, 0) is 9.59 Å². The molecule has 0 aliphatic rings. The number of ether oxygens (including phenoxy) is 1. The van der Waals surface area contributed by atoms with E-state index in [0.29, 0.717) is 5.75 Å². The molecule has 0 fully saturated rings. The van der Waals surface area contributed by atoms with Gasteiger partial charge < -0.3 is 20.0 Å². The third-order valence-electron chi connectivity index (χ3n) is 3.85. The minimum absolute atomic E-state index is 0.250. The number of hydrogen-bond donors (Lipinski definition) is 1. The normalized spacial score (nSPS) is 11.8. The Labute approximate surface area is 147 Å². The summed E-state index contributed by atoms with van der Waals surface area (Å²) in [7, 11) is 0. The first-order valence-corrected chi connectivity index (χ1v) is 8.17. The van der Waals surface area contributed by atoms with Crippen LogP contribution >= 0.6 is 0 Å². The zero-order valence-corrected chi connectivity index (χ0v) is 14.6. The molecule has 0 aliphatic carbocycles. The number of hydrogen-bond acceptors (Lipinski definition) is 4. The van der Waals surface area contributed by atoms with Crippen molar-refractivity contribution in [2.75, 3.05) is 6.61 Å². The van der Waals surface area contributed by atoms with E-state index in [9.17, 15) is 14.7 Å². The molecule has 0 unspecified atom stereocenters. The van der Waals surface area contributed by atoms with E-state index >= 15 is 0 Å². The van der Waals surface area contributed by atoms with Crippen LogP contribution in [0.4, 0.5) is 0 Å². The third kappa shape index (κ3) is 5.35. The Balaban J connectivity index is 1.92.